The lowest BCUT2D eigenvalue weighted by atomic mass is 9.50. The van der Waals surface area contributed by atoms with Gasteiger partial charge in [0.25, 0.3) is 0 Å². The minimum atomic E-state index is 0.0185. The number of allylic oxidation sites excluding steroid dienone is 2. The van der Waals surface area contributed by atoms with Gasteiger partial charge in [-0.2, -0.15) is 0 Å². The molecular formula is C33H48N2O2. The summed E-state index contributed by atoms with van der Waals surface area (Å²) in [6, 6.07) is 6.67. The normalized spacial score (nSPS) is 35.6. The third kappa shape index (κ3) is 4.46. The maximum Gasteiger partial charge on any atom is 0.228 e. The maximum absolute atomic E-state index is 13.9. The van der Waals surface area contributed by atoms with E-state index in [1.54, 1.807) is 0 Å². The number of nitrogens with one attached hydrogen (secondary N) is 2. The van der Waals surface area contributed by atoms with E-state index in [0.29, 0.717) is 24.2 Å². The molecule has 4 nitrogen and oxygen atoms in total. The first-order valence-electron chi connectivity index (χ1n) is 14.6. The molecule has 0 unspecified atom stereocenters. The molecule has 5 rings (SSSR count). The van der Waals surface area contributed by atoms with E-state index in [-0.39, 0.29) is 39.3 Å². The molecule has 2 N–H and O–H groups in total. The first-order valence-corrected chi connectivity index (χ1v) is 14.6. The number of rotatable bonds is 2. The second kappa shape index (κ2) is 8.71. The Hall–Kier alpha value is -2.10. The molecule has 4 heteroatoms. The number of hydrogen-bond donors (Lipinski definition) is 2. The van der Waals surface area contributed by atoms with Gasteiger partial charge < -0.3 is 10.6 Å². The van der Waals surface area contributed by atoms with Gasteiger partial charge in [0, 0.05) is 41.8 Å². The van der Waals surface area contributed by atoms with Crippen LogP contribution >= 0.6 is 0 Å². The molecule has 1 saturated heterocycles. The fraction of sp³-hybridized carbons (Fsp3) is 0.697. The number of carbonyl (C=O) groups excluding carboxylic acids is 2. The van der Waals surface area contributed by atoms with E-state index in [9.17, 15) is 9.59 Å². The summed E-state index contributed by atoms with van der Waals surface area (Å²) in [6.45, 7) is 19.2. The molecule has 37 heavy (non-hydrogen) atoms. The molecule has 6 atom stereocenters. The molecule has 3 fully saturated rings. The minimum absolute atomic E-state index is 0.0185. The van der Waals surface area contributed by atoms with Gasteiger partial charge in [-0.05, 0) is 89.4 Å². The average molecular weight is 505 g/mol. The van der Waals surface area contributed by atoms with Crippen LogP contribution in [0.1, 0.15) is 105 Å². The highest BCUT2D eigenvalue weighted by Crippen LogP contribution is 2.64. The van der Waals surface area contributed by atoms with Crippen LogP contribution in [0.25, 0.3) is 0 Å². The van der Waals surface area contributed by atoms with Crippen molar-refractivity contribution in [3.8, 4) is 0 Å². The fourth-order valence-corrected chi connectivity index (χ4v) is 8.37. The quantitative estimate of drug-likeness (QED) is 0.450. The molecule has 2 saturated carbocycles. The standard InChI is InChI=1S/C33H48N2O2/c1-30(2,3)20-15-21(31(4,5)6)17-22(16-20)35-29(37)27-10-9-25-24-19-34-28-18-23(36)11-13-33(28,8)26(24)12-14-32(25,27)7/h15-18,24-27,34H,9-14,19H2,1-8H3,(H,35,37)/t24-,25-,26-,27+,32-,33+/m0/s1. The van der Waals surface area contributed by atoms with Crippen molar-refractivity contribution in [2.45, 2.75) is 105 Å². The molecule has 202 valence electrons. The SMILES string of the molecule is CC(C)(C)c1cc(NC(=O)[C@H]2CC[C@H]3[C@@H]4CNC5=CC(=O)CC[C@]5(C)[C@H]4CC[C@]23C)cc(C(C)(C)C)c1. The minimum Gasteiger partial charge on any atom is -0.387 e. The summed E-state index contributed by atoms with van der Waals surface area (Å²) in [4.78, 5) is 26.0. The molecule has 0 bridgehead atoms. The summed E-state index contributed by atoms with van der Waals surface area (Å²) in [6.07, 6.45) is 7.86. The summed E-state index contributed by atoms with van der Waals surface area (Å²) in [7, 11) is 0. The van der Waals surface area contributed by atoms with Gasteiger partial charge in [0.05, 0.1) is 0 Å². The second-order valence-corrected chi connectivity index (χ2v) is 15.2. The molecule has 1 aliphatic heterocycles. The topological polar surface area (TPSA) is 58.2 Å². The zero-order valence-electron chi connectivity index (χ0n) is 24.4. The van der Waals surface area contributed by atoms with Gasteiger partial charge in [-0.3, -0.25) is 9.59 Å². The molecule has 0 radical (unpaired) electrons. The van der Waals surface area contributed by atoms with E-state index in [4.69, 9.17) is 0 Å². The highest BCUT2D eigenvalue weighted by molar-refractivity contribution is 5.94. The summed E-state index contributed by atoms with van der Waals surface area (Å²) < 4.78 is 0. The van der Waals surface area contributed by atoms with Gasteiger partial charge in [-0.15, -0.1) is 0 Å². The Kier molecular flexibility index (Phi) is 6.24. The third-order valence-corrected chi connectivity index (χ3v) is 10.8. The van der Waals surface area contributed by atoms with E-state index in [2.05, 4.69) is 84.2 Å². The average Bonchev–Trinajstić information content (AvgIpc) is 3.15. The third-order valence-electron chi connectivity index (χ3n) is 10.8. The Bertz CT molecular complexity index is 1100. The molecule has 0 spiro atoms. The van der Waals surface area contributed by atoms with Crippen LogP contribution in [-0.2, 0) is 20.4 Å². The molecular weight excluding hydrogens is 456 g/mol. The van der Waals surface area contributed by atoms with Crippen LogP contribution in [0.15, 0.2) is 30.0 Å². The lowest BCUT2D eigenvalue weighted by Crippen LogP contribution is -2.57. The Labute approximate surface area is 224 Å². The van der Waals surface area contributed by atoms with Crippen molar-refractivity contribution >= 4 is 17.4 Å². The van der Waals surface area contributed by atoms with E-state index in [1.165, 1.54) is 16.8 Å². The smallest absolute Gasteiger partial charge is 0.228 e. The summed E-state index contributed by atoms with van der Waals surface area (Å²) in [5.74, 6) is 2.24. The van der Waals surface area contributed by atoms with Gasteiger partial charge in [0.2, 0.25) is 5.91 Å². The van der Waals surface area contributed by atoms with Crippen molar-refractivity contribution in [2.75, 3.05) is 11.9 Å². The van der Waals surface area contributed by atoms with Crippen LogP contribution in [0.2, 0.25) is 0 Å². The van der Waals surface area contributed by atoms with Gasteiger partial charge >= 0.3 is 0 Å². The molecule has 1 aromatic carbocycles. The number of amides is 1. The van der Waals surface area contributed by atoms with Crippen LogP contribution in [0.3, 0.4) is 0 Å². The lowest BCUT2D eigenvalue weighted by Gasteiger charge is -2.58. The predicted octanol–water partition coefficient (Wildman–Crippen LogP) is 7.14. The zero-order chi connectivity index (χ0) is 27.0. The lowest BCUT2D eigenvalue weighted by molar-refractivity contribution is -0.127. The molecule has 1 aromatic rings. The summed E-state index contributed by atoms with van der Waals surface area (Å²) in [5, 5.41) is 7.08. The predicted molar refractivity (Wildman–Crippen MR) is 151 cm³/mol. The van der Waals surface area contributed by atoms with Gasteiger partial charge in [-0.1, -0.05) is 61.5 Å². The van der Waals surface area contributed by atoms with E-state index in [0.717, 1.165) is 44.3 Å². The highest BCUT2D eigenvalue weighted by atomic mass is 16.2. The maximum atomic E-state index is 13.9. The van der Waals surface area contributed by atoms with Crippen LogP contribution < -0.4 is 10.6 Å². The van der Waals surface area contributed by atoms with Crippen LogP contribution in [-0.4, -0.2) is 18.2 Å². The summed E-state index contributed by atoms with van der Waals surface area (Å²) in [5.41, 5.74) is 4.80. The number of anilines is 1. The van der Waals surface area contributed by atoms with Crippen molar-refractivity contribution < 1.29 is 9.59 Å². The van der Waals surface area contributed by atoms with Crippen molar-refractivity contribution in [3.05, 3.63) is 41.1 Å². The van der Waals surface area contributed by atoms with E-state index in [1.807, 2.05) is 6.08 Å². The Morgan fingerprint density at radius 1 is 0.919 bits per heavy atom. The Morgan fingerprint density at radius 3 is 2.19 bits per heavy atom. The van der Waals surface area contributed by atoms with Gasteiger partial charge in [0.15, 0.2) is 5.78 Å². The monoisotopic (exact) mass is 504 g/mol. The van der Waals surface area contributed by atoms with Crippen LogP contribution in [0, 0.1) is 34.5 Å². The number of ketones is 1. The molecule has 1 amide bonds. The molecule has 1 heterocycles. The van der Waals surface area contributed by atoms with E-state index < -0.39 is 0 Å². The number of carbonyl (C=O) groups is 2. The van der Waals surface area contributed by atoms with Crippen molar-refractivity contribution in [3.63, 3.8) is 0 Å². The van der Waals surface area contributed by atoms with Crippen molar-refractivity contribution in [1.82, 2.24) is 5.32 Å². The van der Waals surface area contributed by atoms with Crippen LogP contribution in [0.4, 0.5) is 5.69 Å². The van der Waals surface area contributed by atoms with Gasteiger partial charge in [0.1, 0.15) is 0 Å². The number of piperidine rings is 1. The molecule has 3 aliphatic carbocycles. The summed E-state index contributed by atoms with van der Waals surface area (Å²) >= 11 is 0. The number of fused-ring (bicyclic) bond motifs is 5. The highest BCUT2D eigenvalue weighted by Gasteiger charge is 2.60. The first-order chi connectivity index (χ1) is 17.1. The zero-order valence-corrected chi connectivity index (χ0v) is 24.4. The van der Waals surface area contributed by atoms with Crippen molar-refractivity contribution in [2.24, 2.45) is 34.5 Å². The van der Waals surface area contributed by atoms with Crippen LogP contribution in [0.5, 0.6) is 0 Å². The molecule has 0 aromatic heterocycles. The fourth-order valence-electron chi connectivity index (χ4n) is 8.37. The largest absolute Gasteiger partial charge is 0.387 e. The molecule has 4 aliphatic rings. The Balaban J connectivity index is 1.38. The Morgan fingerprint density at radius 2 is 1.57 bits per heavy atom. The second-order valence-electron chi connectivity index (χ2n) is 15.2. The first kappa shape index (κ1) is 26.5. The van der Waals surface area contributed by atoms with E-state index >= 15 is 0 Å². The number of benzene rings is 1. The van der Waals surface area contributed by atoms with Crippen molar-refractivity contribution in [1.29, 1.82) is 0 Å². The van der Waals surface area contributed by atoms with Gasteiger partial charge in [-0.25, -0.2) is 0 Å². The number of hydrogen-bond acceptors (Lipinski definition) is 3.